The Hall–Kier alpha value is -3.16. The fraction of sp³-hybridized carbons (Fsp3) is 0.130. The van der Waals surface area contributed by atoms with E-state index in [1.807, 2.05) is 30.3 Å². The van der Waals surface area contributed by atoms with Crippen LogP contribution in [-0.2, 0) is 5.72 Å². The number of rotatable bonds is 3. The molecule has 0 spiro atoms. The highest BCUT2D eigenvalue weighted by Crippen LogP contribution is 2.40. The van der Waals surface area contributed by atoms with Gasteiger partial charge in [-0.1, -0.05) is 66.2 Å². The number of hydrogen-bond acceptors (Lipinski definition) is 3. The predicted octanol–water partition coefficient (Wildman–Crippen LogP) is 5.62. The van der Waals surface area contributed by atoms with Gasteiger partial charge in [0.1, 0.15) is 5.71 Å². The average Bonchev–Trinajstić information content (AvgIpc) is 3.13. The van der Waals surface area contributed by atoms with E-state index in [9.17, 15) is 23.1 Å². The second-order valence-electron chi connectivity index (χ2n) is 7.11. The Morgan fingerprint density at radius 2 is 1.52 bits per heavy atom. The van der Waals surface area contributed by atoms with Crippen LogP contribution >= 0.6 is 11.6 Å². The van der Waals surface area contributed by atoms with Crippen LogP contribution in [-0.4, -0.2) is 27.9 Å². The number of benzene rings is 3. The van der Waals surface area contributed by atoms with Crippen LogP contribution in [0.25, 0.3) is 11.1 Å². The first kappa shape index (κ1) is 21.1. The summed E-state index contributed by atoms with van der Waals surface area (Å²) in [7, 11) is 0. The van der Waals surface area contributed by atoms with Gasteiger partial charge < -0.3 is 5.11 Å². The van der Waals surface area contributed by atoms with Gasteiger partial charge in [0.25, 0.3) is 5.91 Å². The molecule has 0 aromatic heterocycles. The fourth-order valence-electron chi connectivity index (χ4n) is 3.42. The van der Waals surface area contributed by atoms with Crippen LogP contribution < -0.4 is 0 Å². The Kier molecular flexibility index (Phi) is 5.33. The van der Waals surface area contributed by atoms with E-state index in [0.29, 0.717) is 10.0 Å². The van der Waals surface area contributed by atoms with Crippen molar-refractivity contribution < 1.29 is 23.1 Å². The van der Waals surface area contributed by atoms with E-state index in [-0.39, 0.29) is 11.1 Å². The molecule has 4 nitrogen and oxygen atoms in total. The summed E-state index contributed by atoms with van der Waals surface area (Å²) < 4.78 is 40.1. The summed E-state index contributed by atoms with van der Waals surface area (Å²) in [5, 5.41) is 15.5. The van der Waals surface area contributed by atoms with Gasteiger partial charge in [-0.15, -0.1) is 0 Å². The molecule has 0 saturated carbocycles. The van der Waals surface area contributed by atoms with E-state index >= 15 is 0 Å². The van der Waals surface area contributed by atoms with Gasteiger partial charge >= 0.3 is 6.18 Å². The average molecular weight is 445 g/mol. The van der Waals surface area contributed by atoms with Gasteiger partial charge in [0.15, 0.2) is 5.72 Å². The Labute approximate surface area is 181 Å². The number of hydrazone groups is 1. The van der Waals surface area contributed by atoms with Crippen LogP contribution in [0.15, 0.2) is 84.0 Å². The lowest BCUT2D eigenvalue weighted by Gasteiger charge is -2.31. The van der Waals surface area contributed by atoms with Gasteiger partial charge in [-0.05, 0) is 35.4 Å². The SMILES string of the molecule is O=C(c1ccc(-c2ccccc2)cc1)N1N=C(C(F)(F)F)C[C@]1(O)c1ccc(Cl)cc1. The van der Waals surface area contributed by atoms with E-state index in [1.54, 1.807) is 12.1 Å². The number of halogens is 4. The van der Waals surface area contributed by atoms with Crippen molar-refractivity contribution in [3.05, 3.63) is 95.0 Å². The number of carbonyl (C=O) groups excluding carboxylic acids is 1. The standard InChI is InChI=1S/C23H16ClF3N2O2/c24-19-12-10-18(11-13-19)22(31)14-20(23(25,26)27)28-29(22)21(30)17-8-6-16(7-9-17)15-4-2-1-3-5-15/h1-13,31H,14H2/t22-/m0/s1. The van der Waals surface area contributed by atoms with E-state index in [4.69, 9.17) is 11.6 Å². The molecule has 1 aliphatic heterocycles. The predicted molar refractivity (Wildman–Crippen MR) is 112 cm³/mol. The summed E-state index contributed by atoms with van der Waals surface area (Å²) in [5.74, 6) is -0.851. The molecule has 4 rings (SSSR count). The van der Waals surface area contributed by atoms with Crippen LogP contribution in [0.4, 0.5) is 13.2 Å². The van der Waals surface area contributed by atoms with E-state index in [2.05, 4.69) is 5.10 Å². The molecular weight excluding hydrogens is 429 g/mol. The molecule has 1 heterocycles. The van der Waals surface area contributed by atoms with Crippen molar-refractivity contribution in [2.24, 2.45) is 5.10 Å². The zero-order valence-corrected chi connectivity index (χ0v) is 16.7. The molecule has 1 aliphatic rings. The zero-order chi connectivity index (χ0) is 22.2. The van der Waals surface area contributed by atoms with Crippen molar-refractivity contribution in [1.29, 1.82) is 0 Å². The smallest absolute Gasteiger partial charge is 0.365 e. The molecule has 31 heavy (non-hydrogen) atoms. The first-order valence-corrected chi connectivity index (χ1v) is 9.69. The highest BCUT2D eigenvalue weighted by molar-refractivity contribution is 6.30. The van der Waals surface area contributed by atoms with Crippen molar-refractivity contribution in [1.82, 2.24) is 5.01 Å². The van der Waals surface area contributed by atoms with Crippen molar-refractivity contribution in [2.45, 2.75) is 18.3 Å². The maximum Gasteiger partial charge on any atom is 0.431 e. The number of aliphatic hydroxyl groups is 1. The van der Waals surface area contributed by atoms with E-state index in [0.717, 1.165) is 11.1 Å². The minimum atomic E-state index is -4.79. The molecule has 1 atom stereocenters. The van der Waals surface area contributed by atoms with Crippen molar-refractivity contribution in [3.8, 4) is 11.1 Å². The third-order valence-corrected chi connectivity index (χ3v) is 5.30. The largest absolute Gasteiger partial charge is 0.431 e. The molecule has 0 bridgehead atoms. The summed E-state index contributed by atoms with van der Waals surface area (Å²) in [6, 6.07) is 21.4. The van der Waals surface area contributed by atoms with Crippen LogP contribution in [0, 0.1) is 0 Å². The van der Waals surface area contributed by atoms with Crippen molar-refractivity contribution in [3.63, 3.8) is 0 Å². The van der Waals surface area contributed by atoms with Gasteiger partial charge in [0, 0.05) is 16.1 Å². The Bertz CT molecular complexity index is 1130. The molecule has 3 aromatic carbocycles. The second kappa shape index (κ2) is 7.83. The molecule has 158 valence electrons. The third kappa shape index (κ3) is 4.06. The Balaban J connectivity index is 1.71. The summed E-state index contributed by atoms with van der Waals surface area (Å²) in [6.45, 7) is 0. The summed E-state index contributed by atoms with van der Waals surface area (Å²) >= 11 is 5.85. The Morgan fingerprint density at radius 3 is 2.10 bits per heavy atom. The molecule has 0 unspecified atom stereocenters. The molecule has 8 heteroatoms. The lowest BCUT2D eigenvalue weighted by Crippen LogP contribution is -2.43. The van der Waals surface area contributed by atoms with Crippen LogP contribution in [0.2, 0.25) is 5.02 Å². The van der Waals surface area contributed by atoms with Gasteiger partial charge in [0.2, 0.25) is 0 Å². The Morgan fingerprint density at radius 1 is 0.935 bits per heavy atom. The molecule has 0 fully saturated rings. The van der Waals surface area contributed by atoms with E-state index < -0.39 is 29.9 Å². The monoisotopic (exact) mass is 444 g/mol. The summed E-state index contributed by atoms with van der Waals surface area (Å²) in [6.07, 6.45) is -5.67. The van der Waals surface area contributed by atoms with Crippen molar-refractivity contribution in [2.75, 3.05) is 0 Å². The number of alkyl halides is 3. The van der Waals surface area contributed by atoms with Crippen molar-refractivity contribution >= 4 is 23.2 Å². The highest BCUT2D eigenvalue weighted by Gasteiger charge is 2.53. The van der Waals surface area contributed by atoms with Gasteiger partial charge in [-0.2, -0.15) is 23.3 Å². The first-order chi connectivity index (χ1) is 14.7. The quantitative estimate of drug-likeness (QED) is 0.570. The molecule has 0 saturated heterocycles. The first-order valence-electron chi connectivity index (χ1n) is 9.32. The normalized spacial score (nSPS) is 18.7. The van der Waals surface area contributed by atoms with Gasteiger partial charge in [0.05, 0.1) is 6.42 Å². The highest BCUT2D eigenvalue weighted by atomic mass is 35.5. The number of hydrogen-bond donors (Lipinski definition) is 1. The second-order valence-corrected chi connectivity index (χ2v) is 7.54. The van der Waals surface area contributed by atoms with Gasteiger partial charge in [-0.3, -0.25) is 4.79 Å². The van der Waals surface area contributed by atoms with Crippen LogP contribution in [0.5, 0.6) is 0 Å². The summed E-state index contributed by atoms with van der Waals surface area (Å²) in [5.41, 5.74) is -1.58. The van der Waals surface area contributed by atoms with E-state index in [1.165, 1.54) is 36.4 Å². The maximum atomic E-state index is 13.4. The molecule has 1 amide bonds. The molecule has 0 aliphatic carbocycles. The number of amides is 1. The lowest BCUT2D eigenvalue weighted by molar-refractivity contribution is -0.0816. The lowest BCUT2D eigenvalue weighted by atomic mass is 9.96. The number of carbonyl (C=O) groups is 1. The molecule has 3 aromatic rings. The zero-order valence-electron chi connectivity index (χ0n) is 16.0. The minimum absolute atomic E-state index is 0.0779. The molecular formula is C23H16ClF3N2O2. The summed E-state index contributed by atoms with van der Waals surface area (Å²) in [4.78, 5) is 13.1. The minimum Gasteiger partial charge on any atom is -0.365 e. The maximum absolute atomic E-state index is 13.4. The molecule has 1 N–H and O–H groups in total. The number of nitrogens with zero attached hydrogens (tertiary/aromatic N) is 2. The third-order valence-electron chi connectivity index (χ3n) is 5.05. The van der Waals surface area contributed by atoms with Gasteiger partial charge in [-0.25, -0.2) is 0 Å². The molecule has 0 radical (unpaired) electrons. The van der Waals surface area contributed by atoms with Crippen LogP contribution in [0.1, 0.15) is 22.3 Å². The topological polar surface area (TPSA) is 52.9 Å². The van der Waals surface area contributed by atoms with Crippen LogP contribution in [0.3, 0.4) is 0 Å². The fourth-order valence-corrected chi connectivity index (χ4v) is 3.54.